The minimum Gasteiger partial charge on any atom is -0.469 e. The van der Waals surface area contributed by atoms with Crippen LogP contribution in [0.5, 0.6) is 0 Å². The van der Waals surface area contributed by atoms with E-state index in [4.69, 9.17) is 4.74 Å². The van der Waals surface area contributed by atoms with Gasteiger partial charge in [0.25, 0.3) is 5.91 Å². The number of methoxy groups -OCH3 is 1. The van der Waals surface area contributed by atoms with Crippen LogP contribution in [0.15, 0.2) is 24.3 Å². The van der Waals surface area contributed by atoms with Crippen LogP contribution in [0.25, 0.3) is 0 Å². The highest BCUT2D eigenvalue weighted by molar-refractivity contribution is 5.96. The summed E-state index contributed by atoms with van der Waals surface area (Å²) in [5.41, 5.74) is 0.765. The number of benzene rings is 1. The molecule has 0 heterocycles. The smallest absolute Gasteiger partial charge is 0.328 e. The van der Waals surface area contributed by atoms with Gasteiger partial charge in [0.05, 0.1) is 7.11 Å². The number of aryl methyl sites for hydroxylation is 1. The van der Waals surface area contributed by atoms with Gasteiger partial charge in [-0.05, 0) is 51.8 Å². The van der Waals surface area contributed by atoms with Crippen LogP contribution >= 0.6 is 0 Å². The lowest BCUT2D eigenvalue weighted by atomic mass is 10.1. The van der Waals surface area contributed by atoms with Crippen LogP contribution in [-0.4, -0.2) is 36.6 Å². The second kappa shape index (κ2) is 8.47. The number of esters is 2. The lowest BCUT2D eigenvalue weighted by Crippen LogP contribution is -2.42. The Labute approximate surface area is 142 Å². The first-order chi connectivity index (χ1) is 11.1. The van der Waals surface area contributed by atoms with Crippen molar-refractivity contribution in [3.8, 4) is 0 Å². The van der Waals surface area contributed by atoms with Crippen molar-refractivity contribution in [1.29, 1.82) is 0 Å². The minimum absolute atomic E-state index is 0.275. The van der Waals surface area contributed by atoms with E-state index in [1.165, 1.54) is 7.11 Å². The molecule has 6 heteroatoms. The quantitative estimate of drug-likeness (QED) is 0.806. The Hall–Kier alpha value is -2.37. The van der Waals surface area contributed by atoms with Crippen LogP contribution in [-0.2, 0) is 25.5 Å². The van der Waals surface area contributed by atoms with Gasteiger partial charge in [-0.1, -0.05) is 12.1 Å². The van der Waals surface area contributed by atoms with Crippen LogP contribution in [0, 0.1) is 0 Å². The standard InChI is InChI=1S/C18H25NO5/c1-12(17(22)24-18(2,3)4)19-16(21)14-9-6-13(7-10-14)8-11-15(20)23-5/h6-7,9-10,12H,8,11H2,1-5H3,(H,19,21). The van der Waals surface area contributed by atoms with Gasteiger partial charge in [-0.3, -0.25) is 9.59 Å². The van der Waals surface area contributed by atoms with Gasteiger partial charge in [-0.25, -0.2) is 4.79 Å². The predicted molar refractivity (Wildman–Crippen MR) is 89.6 cm³/mol. The molecule has 0 aromatic heterocycles. The number of hydrogen-bond acceptors (Lipinski definition) is 5. The Morgan fingerprint density at radius 2 is 1.71 bits per heavy atom. The topological polar surface area (TPSA) is 81.7 Å². The first kappa shape index (κ1) is 19.7. The van der Waals surface area contributed by atoms with Gasteiger partial charge in [0.15, 0.2) is 0 Å². The van der Waals surface area contributed by atoms with Crippen molar-refractivity contribution >= 4 is 17.8 Å². The summed E-state index contributed by atoms with van der Waals surface area (Å²) >= 11 is 0. The second-order valence-electron chi connectivity index (χ2n) is 6.50. The third-order valence-electron chi connectivity index (χ3n) is 3.17. The zero-order valence-electron chi connectivity index (χ0n) is 14.8. The molecular weight excluding hydrogens is 310 g/mol. The first-order valence-electron chi connectivity index (χ1n) is 7.82. The third-order valence-corrected chi connectivity index (χ3v) is 3.17. The van der Waals surface area contributed by atoms with E-state index in [9.17, 15) is 14.4 Å². The molecule has 0 aliphatic rings. The highest BCUT2D eigenvalue weighted by Gasteiger charge is 2.23. The van der Waals surface area contributed by atoms with Gasteiger partial charge in [0.1, 0.15) is 11.6 Å². The summed E-state index contributed by atoms with van der Waals surface area (Å²) in [6.07, 6.45) is 0.834. The molecule has 1 amide bonds. The molecule has 1 unspecified atom stereocenters. The lowest BCUT2D eigenvalue weighted by molar-refractivity contribution is -0.156. The largest absolute Gasteiger partial charge is 0.469 e. The van der Waals surface area contributed by atoms with Crippen LogP contribution in [0.1, 0.15) is 50.0 Å². The van der Waals surface area contributed by atoms with Gasteiger partial charge >= 0.3 is 11.9 Å². The van der Waals surface area contributed by atoms with E-state index in [-0.39, 0.29) is 18.3 Å². The average molecular weight is 335 g/mol. The van der Waals surface area contributed by atoms with Crippen molar-refractivity contribution in [2.75, 3.05) is 7.11 Å². The van der Waals surface area contributed by atoms with E-state index in [1.54, 1.807) is 52.0 Å². The second-order valence-corrected chi connectivity index (χ2v) is 6.50. The molecule has 1 aromatic rings. The molecule has 132 valence electrons. The van der Waals surface area contributed by atoms with E-state index < -0.39 is 17.6 Å². The van der Waals surface area contributed by atoms with Gasteiger partial charge in [0, 0.05) is 12.0 Å². The highest BCUT2D eigenvalue weighted by Crippen LogP contribution is 2.10. The van der Waals surface area contributed by atoms with Crippen molar-refractivity contribution in [3.63, 3.8) is 0 Å². The molecule has 6 nitrogen and oxygen atoms in total. The van der Waals surface area contributed by atoms with E-state index in [0.717, 1.165) is 5.56 Å². The SMILES string of the molecule is COC(=O)CCc1ccc(C(=O)NC(C)C(=O)OC(C)(C)C)cc1. The molecule has 0 saturated carbocycles. The summed E-state index contributed by atoms with van der Waals surface area (Å²) in [6.45, 7) is 6.89. The molecule has 0 bridgehead atoms. The molecule has 0 aliphatic carbocycles. The van der Waals surface area contributed by atoms with Gasteiger partial charge in [0.2, 0.25) is 0 Å². The lowest BCUT2D eigenvalue weighted by Gasteiger charge is -2.22. The predicted octanol–water partition coefficient (Wildman–Crippen LogP) is 2.25. The molecule has 1 N–H and O–H groups in total. The average Bonchev–Trinajstić information content (AvgIpc) is 2.51. The summed E-state index contributed by atoms with van der Waals surface area (Å²) in [5, 5.41) is 2.61. The molecule has 1 rings (SSSR count). The molecule has 24 heavy (non-hydrogen) atoms. The zero-order chi connectivity index (χ0) is 18.3. The molecule has 1 aromatic carbocycles. The van der Waals surface area contributed by atoms with E-state index in [0.29, 0.717) is 12.0 Å². The molecule has 1 atom stereocenters. The third kappa shape index (κ3) is 6.81. The van der Waals surface area contributed by atoms with Crippen molar-refractivity contribution in [1.82, 2.24) is 5.32 Å². The minimum atomic E-state index is -0.740. The van der Waals surface area contributed by atoms with Gasteiger partial charge in [-0.15, -0.1) is 0 Å². The molecule has 0 spiro atoms. The first-order valence-corrected chi connectivity index (χ1v) is 7.82. The molecule has 0 aliphatic heterocycles. The van der Waals surface area contributed by atoms with Crippen molar-refractivity contribution in [2.45, 2.75) is 52.2 Å². The van der Waals surface area contributed by atoms with Crippen LogP contribution in [0.3, 0.4) is 0 Å². The highest BCUT2D eigenvalue weighted by atomic mass is 16.6. The van der Waals surface area contributed by atoms with Gasteiger partial charge in [-0.2, -0.15) is 0 Å². The maximum atomic E-state index is 12.2. The zero-order valence-corrected chi connectivity index (χ0v) is 14.8. The monoisotopic (exact) mass is 335 g/mol. The molecule has 0 radical (unpaired) electrons. The van der Waals surface area contributed by atoms with E-state index in [1.807, 2.05) is 0 Å². The molecule has 0 fully saturated rings. The van der Waals surface area contributed by atoms with Crippen molar-refractivity contribution in [2.24, 2.45) is 0 Å². The Bertz CT molecular complexity index is 586. The van der Waals surface area contributed by atoms with Gasteiger partial charge < -0.3 is 14.8 Å². The van der Waals surface area contributed by atoms with E-state index >= 15 is 0 Å². The van der Waals surface area contributed by atoms with Crippen LogP contribution in [0.4, 0.5) is 0 Å². The normalized spacial score (nSPS) is 12.2. The molecule has 0 saturated heterocycles. The van der Waals surface area contributed by atoms with Crippen LogP contribution in [0.2, 0.25) is 0 Å². The number of ether oxygens (including phenoxy) is 2. The maximum Gasteiger partial charge on any atom is 0.328 e. The van der Waals surface area contributed by atoms with E-state index in [2.05, 4.69) is 10.1 Å². The fourth-order valence-electron chi connectivity index (χ4n) is 1.90. The summed E-state index contributed by atoms with van der Waals surface area (Å²) in [4.78, 5) is 35.1. The van der Waals surface area contributed by atoms with Crippen molar-refractivity contribution in [3.05, 3.63) is 35.4 Å². The maximum absolute atomic E-state index is 12.2. The van der Waals surface area contributed by atoms with Crippen molar-refractivity contribution < 1.29 is 23.9 Å². The number of amides is 1. The Morgan fingerprint density at radius 1 is 1.12 bits per heavy atom. The summed E-state index contributed by atoms with van der Waals surface area (Å²) < 4.78 is 9.81. The fourth-order valence-corrected chi connectivity index (χ4v) is 1.90. The number of carbonyl (C=O) groups is 3. The number of rotatable bonds is 6. The number of carbonyl (C=O) groups excluding carboxylic acids is 3. The van der Waals surface area contributed by atoms with Crippen LogP contribution < -0.4 is 5.32 Å². The Balaban J connectivity index is 2.59. The summed E-state index contributed by atoms with van der Waals surface area (Å²) in [7, 11) is 1.35. The molecular formula is C18H25NO5. The number of hydrogen-bond donors (Lipinski definition) is 1. The fraction of sp³-hybridized carbons (Fsp3) is 0.500. The Morgan fingerprint density at radius 3 is 2.21 bits per heavy atom. The number of nitrogens with one attached hydrogen (secondary N) is 1. The Kier molecular flexibility index (Phi) is 6.95. The summed E-state index contributed by atoms with van der Waals surface area (Å²) in [5.74, 6) is -1.11. The summed E-state index contributed by atoms with van der Waals surface area (Å²) in [6, 6.07) is 6.12.